The van der Waals surface area contributed by atoms with Gasteiger partial charge in [-0.05, 0) is 61.4 Å². The normalized spacial score (nSPS) is 32.6. The molecule has 40 heavy (non-hydrogen) atoms. The maximum Gasteiger partial charge on any atom is 0.246 e. The lowest BCUT2D eigenvalue weighted by atomic mass is 9.70. The number of benzene rings is 2. The van der Waals surface area contributed by atoms with Crippen molar-refractivity contribution in [2.75, 3.05) is 12.4 Å². The summed E-state index contributed by atoms with van der Waals surface area (Å²) < 4.78 is 25.5. The van der Waals surface area contributed by atoms with E-state index in [-0.39, 0.29) is 36.1 Å². The average Bonchev–Trinajstić information content (AvgIpc) is 3.59. The molecule has 1 saturated carbocycles. The highest BCUT2D eigenvalue weighted by atomic mass is 19.1. The molecule has 2 aromatic carbocycles. The number of amides is 3. The van der Waals surface area contributed by atoms with Crippen molar-refractivity contribution in [2.24, 2.45) is 17.8 Å². The fraction of sp³-hybridized carbons (Fsp3) is 0.516. The SMILES string of the molecule is COc1cccc(NC(=O)C2C3CCC4(O3)C2C(=O)N(Cc2ccc(F)cc2)C4C(=O)NC2CCCCC2C)c1. The second kappa shape index (κ2) is 10.5. The van der Waals surface area contributed by atoms with Crippen molar-refractivity contribution >= 4 is 23.4 Å². The van der Waals surface area contributed by atoms with Crippen LogP contribution in [0.4, 0.5) is 10.1 Å². The molecule has 3 aliphatic heterocycles. The number of rotatable bonds is 7. The Labute approximate surface area is 233 Å². The first kappa shape index (κ1) is 26.7. The maximum absolute atomic E-state index is 14.2. The number of anilines is 1. The van der Waals surface area contributed by atoms with Crippen LogP contribution in [0, 0.1) is 23.6 Å². The smallest absolute Gasteiger partial charge is 0.246 e. The Morgan fingerprint density at radius 2 is 1.88 bits per heavy atom. The van der Waals surface area contributed by atoms with Gasteiger partial charge in [0.05, 0.1) is 25.0 Å². The van der Waals surface area contributed by atoms with Gasteiger partial charge in [-0.3, -0.25) is 14.4 Å². The predicted molar refractivity (Wildman–Crippen MR) is 146 cm³/mol. The molecule has 212 valence electrons. The van der Waals surface area contributed by atoms with Gasteiger partial charge in [0.1, 0.15) is 23.2 Å². The summed E-state index contributed by atoms with van der Waals surface area (Å²) in [7, 11) is 1.56. The standard InChI is InChI=1S/C31H36FN3O5/c1-18-6-3-4-9-23(18)34-29(37)27-31-15-14-24(40-31)25(28(36)33-21-7-5-8-22(16-21)39-2)26(31)30(38)35(27)17-19-10-12-20(32)13-11-19/h5,7-8,10-13,16,18,23-27H,3-4,6,9,14-15,17H2,1-2H3,(H,33,36)(H,34,37). The summed E-state index contributed by atoms with van der Waals surface area (Å²) in [6, 6.07) is 12.2. The van der Waals surface area contributed by atoms with E-state index in [0.717, 1.165) is 25.7 Å². The summed E-state index contributed by atoms with van der Waals surface area (Å²) in [5.74, 6) is -1.73. The van der Waals surface area contributed by atoms with Gasteiger partial charge < -0.3 is 25.0 Å². The fourth-order valence-corrected chi connectivity index (χ4v) is 7.43. The highest BCUT2D eigenvalue weighted by molar-refractivity contribution is 6.02. The van der Waals surface area contributed by atoms with Crippen molar-refractivity contribution in [2.45, 2.75) is 75.8 Å². The second-order valence-corrected chi connectivity index (χ2v) is 11.7. The van der Waals surface area contributed by atoms with Crippen LogP contribution in [0.1, 0.15) is 51.0 Å². The number of carbonyl (C=O) groups is 3. The molecule has 7 atom stereocenters. The van der Waals surface area contributed by atoms with Crippen molar-refractivity contribution in [1.82, 2.24) is 10.2 Å². The van der Waals surface area contributed by atoms with E-state index in [2.05, 4.69) is 17.6 Å². The zero-order valence-electron chi connectivity index (χ0n) is 22.9. The molecule has 6 rings (SSSR count). The van der Waals surface area contributed by atoms with Crippen LogP contribution in [0.2, 0.25) is 0 Å². The van der Waals surface area contributed by atoms with Crippen molar-refractivity contribution in [3.8, 4) is 5.75 Å². The summed E-state index contributed by atoms with van der Waals surface area (Å²) in [5.41, 5.74) is 0.192. The van der Waals surface area contributed by atoms with E-state index < -0.39 is 29.6 Å². The number of nitrogens with zero attached hydrogens (tertiary/aromatic N) is 1. The molecule has 4 fully saturated rings. The van der Waals surface area contributed by atoms with Gasteiger partial charge in [0.25, 0.3) is 0 Å². The minimum atomic E-state index is -1.08. The fourth-order valence-electron chi connectivity index (χ4n) is 7.43. The van der Waals surface area contributed by atoms with Crippen LogP contribution >= 0.6 is 0 Å². The molecule has 2 N–H and O–H groups in total. The topological polar surface area (TPSA) is 97.0 Å². The van der Waals surface area contributed by atoms with E-state index in [4.69, 9.17) is 9.47 Å². The minimum absolute atomic E-state index is 0.0326. The van der Waals surface area contributed by atoms with Crippen LogP contribution in [0.3, 0.4) is 0 Å². The van der Waals surface area contributed by atoms with Gasteiger partial charge in [-0.15, -0.1) is 0 Å². The van der Waals surface area contributed by atoms with Crippen LogP contribution in [0.15, 0.2) is 48.5 Å². The first-order chi connectivity index (χ1) is 19.3. The number of hydrogen-bond donors (Lipinski definition) is 2. The average molecular weight is 550 g/mol. The number of nitrogens with one attached hydrogen (secondary N) is 2. The summed E-state index contributed by atoms with van der Waals surface area (Å²) in [6.07, 6.45) is 4.81. The Balaban J connectivity index is 1.32. The van der Waals surface area contributed by atoms with Crippen molar-refractivity contribution in [3.05, 3.63) is 59.9 Å². The van der Waals surface area contributed by atoms with E-state index in [1.165, 1.54) is 12.1 Å². The van der Waals surface area contributed by atoms with Gasteiger partial charge in [-0.1, -0.05) is 38.0 Å². The van der Waals surface area contributed by atoms with Crippen LogP contribution in [0.5, 0.6) is 5.75 Å². The minimum Gasteiger partial charge on any atom is -0.497 e. The first-order valence-corrected chi connectivity index (χ1v) is 14.3. The van der Waals surface area contributed by atoms with E-state index in [0.29, 0.717) is 35.8 Å². The summed E-state index contributed by atoms with van der Waals surface area (Å²) in [6.45, 7) is 2.28. The molecule has 9 heteroatoms. The molecule has 7 unspecified atom stereocenters. The molecule has 3 saturated heterocycles. The third kappa shape index (κ3) is 4.54. The molecule has 0 aromatic heterocycles. The van der Waals surface area contributed by atoms with E-state index in [1.807, 2.05) is 0 Å². The number of methoxy groups -OCH3 is 1. The quantitative estimate of drug-likeness (QED) is 0.544. The number of ether oxygens (including phenoxy) is 2. The summed E-state index contributed by atoms with van der Waals surface area (Å²) in [5, 5.41) is 6.20. The number of halogens is 1. The van der Waals surface area contributed by atoms with Crippen LogP contribution < -0.4 is 15.4 Å². The lowest BCUT2D eigenvalue weighted by molar-refractivity contribution is -0.142. The number of carbonyl (C=O) groups excluding carboxylic acids is 3. The van der Waals surface area contributed by atoms with Crippen molar-refractivity contribution in [3.63, 3.8) is 0 Å². The highest BCUT2D eigenvalue weighted by Gasteiger charge is 2.74. The second-order valence-electron chi connectivity index (χ2n) is 11.7. The predicted octanol–water partition coefficient (Wildman–Crippen LogP) is 4.04. The van der Waals surface area contributed by atoms with Crippen LogP contribution in [-0.2, 0) is 25.7 Å². The molecule has 3 amide bonds. The molecular formula is C31H36FN3O5. The molecule has 0 radical (unpaired) electrons. The molecule has 3 heterocycles. The molecule has 2 bridgehead atoms. The van der Waals surface area contributed by atoms with Gasteiger partial charge in [-0.2, -0.15) is 0 Å². The molecule has 2 aromatic rings. The van der Waals surface area contributed by atoms with Crippen molar-refractivity contribution in [1.29, 1.82) is 0 Å². The molecule has 8 nitrogen and oxygen atoms in total. The third-order valence-electron chi connectivity index (χ3n) is 9.39. The molecule has 1 aliphatic carbocycles. The Morgan fingerprint density at radius 1 is 1.10 bits per heavy atom. The molecular weight excluding hydrogens is 513 g/mol. The van der Waals surface area contributed by atoms with Gasteiger partial charge >= 0.3 is 0 Å². The largest absolute Gasteiger partial charge is 0.497 e. The van der Waals surface area contributed by atoms with Crippen LogP contribution in [-0.4, -0.2) is 53.5 Å². The van der Waals surface area contributed by atoms with Crippen LogP contribution in [0.25, 0.3) is 0 Å². The Bertz CT molecular complexity index is 1300. The Morgan fingerprint density at radius 3 is 2.62 bits per heavy atom. The van der Waals surface area contributed by atoms with E-state index in [1.54, 1.807) is 48.4 Å². The van der Waals surface area contributed by atoms with Gasteiger partial charge in [0.2, 0.25) is 17.7 Å². The molecule has 1 spiro atoms. The number of hydrogen-bond acceptors (Lipinski definition) is 5. The molecule has 4 aliphatic rings. The van der Waals surface area contributed by atoms with E-state index in [9.17, 15) is 18.8 Å². The van der Waals surface area contributed by atoms with Gasteiger partial charge in [-0.25, -0.2) is 4.39 Å². The number of fused-ring (bicyclic) bond motifs is 1. The van der Waals surface area contributed by atoms with Gasteiger partial charge in [0.15, 0.2) is 0 Å². The Kier molecular flexibility index (Phi) is 7.02. The highest BCUT2D eigenvalue weighted by Crippen LogP contribution is 2.58. The Hall–Kier alpha value is -3.46. The monoisotopic (exact) mass is 549 g/mol. The lowest BCUT2D eigenvalue weighted by Gasteiger charge is -2.36. The summed E-state index contributed by atoms with van der Waals surface area (Å²) in [4.78, 5) is 43.5. The zero-order valence-corrected chi connectivity index (χ0v) is 22.9. The summed E-state index contributed by atoms with van der Waals surface area (Å²) >= 11 is 0. The third-order valence-corrected chi connectivity index (χ3v) is 9.39. The van der Waals surface area contributed by atoms with E-state index >= 15 is 0 Å². The number of likely N-dealkylation sites (tertiary alicyclic amines) is 1. The van der Waals surface area contributed by atoms with Gasteiger partial charge in [0, 0.05) is 24.3 Å². The lowest BCUT2D eigenvalue weighted by Crippen LogP contribution is -2.57. The zero-order chi connectivity index (χ0) is 28.0. The van der Waals surface area contributed by atoms with Crippen molar-refractivity contribution < 1.29 is 28.2 Å². The maximum atomic E-state index is 14.2. The first-order valence-electron chi connectivity index (χ1n) is 14.3.